The maximum atomic E-state index is 13.0. The molecule has 0 spiro atoms. The van der Waals surface area contributed by atoms with Gasteiger partial charge in [-0.3, -0.25) is 19.3 Å². The summed E-state index contributed by atoms with van der Waals surface area (Å²) in [5, 5.41) is 3.23. The summed E-state index contributed by atoms with van der Waals surface area (Å²) < 4.78 is 12.4. The van der Waals surface area contributed by atoms with Crippen LogP contribution in [0.15, 0.2) is 68.9 Å². The molecule has 208 valence electrons. The molecule has 1 N–H and O–H groups in total. The number of thioether (sulfide) groups is 2. The number of nitrogens with zero attached hydrogens (tertiary/aromatic N) is 1. The van der Waals surface area contributed by atoms with Gasteiger partial charge < -0.3 is 14.8 Å². The number of anilines is 1. The van der Waals surface area contributed by atoms with E-state index in [1.165, 1.54) is 0 Å². The van der Waals surface area contributed by atoms with Crippen molar-refractivity contribution in [2.24, 2.45) is 0 Å². The van der Waals surface area contributed by atoms with Crippen LogP contribution < -0.4 is 14.8 Å². The highest BCUT2D eigenvalue weighted by Crippen LogP contribution is 2.40. The van der Waals surface area contributed by atoms with E-state index in [0.29, 0.717) is 43.9 Å². The number of ether oxygens (including phenoxy) is 2. The number of halogens is 3. The zero-order chi connectivity index (χ0) is 28.8. The normalized spacial score (nSPS) is 14.1. The van der Waals surface area contributed by atoms with Crippen LogP contribution in [0, 0.1) is 0 Å². The molecule has 3 amide bonds. The van der Waals surface area contributed by atoms with E-state index in [9.17, 15) is 14.4 Å². The van der Waals surface area contributed by atoms with Crippen molar-refractivity contribution in [3.8, 4) is 11.5 Å². The second-order valence-electron chi connectivity index (χ2n) is 8.34. The summed E-state index contributed by atoms with van der Waals surface area (Å²) in [6, 6.07) is 15.9. The first-order valence-electron chi connectivity index (χ1n) is 11.9. The van der Waals surface area contributed by atoms with E-state index < -0.39 is 17.1 Å². The van der Waals surface area contributed by atoms with Crippen molar-refractivity contribution in [2.75, 3.05) is 24.7 Å². The highest BCUT2D eigenvalue weighted by atomic mass is 79.9. The zero-order valence-corrected chi connectivity index (χ0v) is 26.1. The van der Waals surface area contributed by atoms with Gasteiger partial charge in [0.25, 0.3) is 11.1 Å². The molecule has 0 radical (unpaired) electrons. The SMILES string of the molecule is CCOc1cc(/C=C2\SC(=O)N(CC(=O)Nc3cccc(SC)c3)C2=O)cc(Br)c1OCc1ccc(Cl)cc1Cl. The van der Waals surface area contributed by atoms with Crippen molar-refractivity contribution in [1.29, 1.82) is 0 Å². The molecule has 1 fully saturated rings. The average Bonchev–Trinajstić information content (AvgIpc) is 3.16. The average molecular weight is 682 g/mol. The van der Waals surface area contributed by atoms with Gasteiger partial charge in [0.1, 0.15) is 13.2 Å². The maximum Gasteiger partial charge on any atom is 0.294 e. The topological polar surface area (TPSA) is 84.9 Å². The number of hydrogen-bond acceptors (Lipinski definition) is 7. The zero-order valence-electron chi connectivity index (χ0n) is 21.3. The molecule has 0 unspecified atom stereocenters. The molecule has 7 nitrogen and oxygen atoms in total. The number of carbonyl (C=O) groups excluding carboxylic acids is 3. The van der Waals surface area contributed by atoms with Gasteiger partial charge in [0.05, 0.1) is 16.0 Å². The Morgan fingerprint density at radius 2 is 1.93 bits per heavy atom. The predicted octanol–water partition coefficient (Wildman–Crippen LogP) is 8.13. The molecule has 0 aliphatic carbocycles. The van der Waals surface area contributed by atoms with Gasteiger partial charge in [-0.05, 0) is 95.0 Å². The van der Waals surface area contributed by atoms with Crippen LogP contribution in [0.1, 0.15) is 18.1 Å². The van der Waals surface area contributed by atoms with Crippen molar-refractivity contribution < 1.29 is 23.9 Å². The quantitative estimate of drug-likeness (QED) is 0.171. The van der Waals surface area contributed by atoms with E-state index in [4.69, 9.17) is 32.7 Å². The molecule has 3 aromatic carbocycles. The molecular formula is C28H23BrCl2N2O5S2. The summed E-state index contributed by atoms with van der Waals surface area (Å²) >= 11 is 18.1. The Kier molecular flexibility index (Phi) is 10.5. The summed E-state index contributed by atoms with van der Waals surface area (Å²) in [6.45, 7) is 2.00. The van der Waals surface area contributed by atoms with Gasteiger partial charge >= 0.3 is 0 Å². The van der Waals surface area contributed by atoms with Crippen LogP contribution >= 0.6 is 62.7 Å². The summed E-state index contributed by atoms with van der Waals surface area (Å²) in [5.74, 6) is -0.111. The molecule has 3 aromatic rings. The van der Waals surface area contributed by atoms with Crippen LogP contribution in [0.3, 0.4) is 0 Å². The smallest absolute Gasteiger partial charge is 0.294 e. The lowest BCUT2D eigenvalue weighted by Gasteiger charge is -2.15. The number of amides is 3. The van der Waals surface area contributed by atoms with E-state index in [-0.39, 0.29) is 18.1 Å². The monoisotopic (exact) mass is 680 g/mol. The first-order valence-corrected chi connectivity index (χ1v) is 15.5. The number of nitrogens with one attached hydrogen (secondary N) is 1. The molecule has 1 heterocycles. The lowest BCUT2D eigenvalue weighted by molar-refractivity contribution is -0.127. The minimum atomic E-state index is -0.546. The van der Waals surface area contributed by atoms with Gasteiger partial charge in [-0.15, -0.1) is 11.8 Å². The number of hydrogen-bond donors (Lipinski definition) is 1. The van der Waals surface area contributed by atoms with E-state index in [2.05, 4.69) is 21.2 Å². The van der Waals surface area contributed by atoms with Gasteiger partial charge in [-0.25, -0.2) is 0 Å². The van der Waals surface area contributed by atoms with Crippen LogP contribution in [-0.4, -0.2) is 41.4 Å². The van der Waals surface area contributed by atoms with Crippen molar-refractivity contribution >= 4 is 91.5 Å². The van der Waals surface area contributed by atoms with Gasteiger partial charge in [0, 0.05) is 26.2 Å². The molecule has 40 heavy (non-hydrogen) atoms. The van der Waals surface area contributed by atoms with Crippen molar-refractivity contribution in [1.82, 2.24) is 4.90 Å². The fourth-order valence-corrected chi connectivity index (χ4v) is 6.03. The third-order valence-corrected chi connectivity index (χ3v) is 8.35. The fourth-order valence-electron chi connectivity index (χ4n) is 3.70. The Labute approximate surface area is 258 Å². The predicted molar refractivity (Wildman–Crippen MR) is 166 cm³/mol. The summed E-state index contributed by atoms with van der Waals surface area (Å²) in [7, 11) is 0. The largest absolute Gasteiger partial charge is 0.490 e. The highest BCUT2D eigenvalue weighted by molar-refractivity contribution is 9.10. The molecule has 0 aromatic heterocycles. The lowest BCUT2D eigenvalue weighted by Crippen LogP contribution is -2.36. The summed E-state index contributed by atoms with van der Waals surface area (Å²) in [6.07, 6.45) is 3.51. The number of imide groups is 1. The second kappa shape index (κ2) is 13.8. The molecule has 1 saturated heterocycles. The molecule has 0 atom stereocenters. The number of benzene rings is 3. The van der Waals surface area contributed by atoms with Crippen molar-refractivity contribution in [3.05, 3.63) is 85.1 Å². The molecule has 4 rings (SSSR count). The summed E-state index contributed by atoms with van der Waals surface area (Å²) in [5.41, 5.74) is 1.95. The molecule has 1 aliphatic heterocycles. The third-order valence-electron chi connectivity index (χ3n) is 5.55. The van der Waals surface area contributed by atoms with E-state index in [0.717, 1.165) is 27.1 Å². The van der Waals surface area contributed by atoms with Crippen LogP contribution in [0.25, 0.3) is 6.08 Å². The maximum absolute atomic E-state index is 13.0. The lowest BCUT2D eigenvalue weighted by atomic mass is 10.1. The van der Waals surface area contributed by atoms with Crippen LogP contribution in [-0.2, 0) is 16.2 Å². The minimum Gasteiger partial charge on any atom is -0.490 e. The highest BCUT2D eigenvalue weighted by Gasteiger charge is 2.36. The summed E-state index contributed by atoms with van der Waals surface area (Å²) in [4.78, 5) is 40.3. The van der Waals surface area contributed by atoms with E-state index in [1.54, 1.807) is 54.2 Å². The second-order valence-corrected chi connectivity index (χ2v) is 11.9. The minimum absolute atomic E-state index is 0.177. The Hall–Kier alpha value is -2.63. The van der Waals surface area contributed by atoms with Crippen molar-refractivity contribution in [3.63, 3.8) is 0 Å². The molecular weight excluding hydrogens is 659 g/mol. The number of rotatable bonds is 10. The van der Waals surface area contributed by atoms with Crippen LogP contribution in [0.5, 0.6) is 11.5 Å². The molecule has 1 aliphatic rings. The van der Waals surface area contributed by atoms with E-state index in [1.807, 2.05) is 31.4 Å². The Morgan fingerprint density at radius 1 is 1.12 bits per heavy atom. The first kappa shape index (κ1) is 30.3. The Balaban J connectivity index is 1.49. The van der Waals surface area contributed by atoms with E-state index >= 15 is 0 Å². The van der Waals surface area contributed by atoms with Gasteiger partial charge in [-0.1, -0.05) is 35.3 Å². The van der Waals surface area contributed by atoms with Crippen molar-refractivity contribution in [2.45, 2.75) is 18.4 Å². The third kappa shape index (κ3) is 7.55. The molecule has 12 heteroatoms. The van der Waals surface area contributed by atoms with Gasteiger partial charge in [-0.2, -0.15) is 0 Å². The van der Waals surface area contributed by atoms with Gasteiger partial charge in [0.2, 0.25) is 5.91 Å². The standard InChI is InChI=1S/C28H23BrCl2N2O5S2/c1-3-37-23-10-16(9-21(29)26(23)38-15-17-7-8-18(30)12-22(17)31)11-24-27(35)33(28(36)40-24)14-25(34)32-19-5-4-6-20(13-19)39-2/h4-13H,3,14-15H2,1-2H3,(H,32,34)/b24-11-. The molecule has 0 saturated carbocycles. The van der Waals surface area contributed by atoms with Crippen LogP contribution in [0.4, 0.5) is 10.5 Å². The Bertz CT molecular complexity index is 1500. The van der Waals surface area contributed by atoms with Gasteiger partial charge in [0.15, 0.2) is 11.5 Å². The Morgan fingerprint density at radius 3 is 2.65 bits per heavy atom. The first-order chi connectivity index (χ1) is 19.2. The number of carbonyl (C=O) groups is 3. The molecule has 0 bridgehead atoms. The van der Waals surface area contributed by atoms with Crippen LogP contribution in [0.2, 0.25) is 10.0 Å². The fraction of sp³-hybridized carbons (Fsp3) is 0.179.